The zero-order chi connectivity index (χ0) is 9.10. The number of rotatable bonds is 1. The third kappa shape index (κ3) is 1.99. The molecule has 13 heavy (non-hydrogen) atoms. The number of piperazine rings is 1. The zero-order valence-corrected chi connectivity index (χ0v) is 7.52. The second-order valence-electron chi connectivity index (χ2n) is 3.25. The maximum absolute atomic E-state index is 10.9. The Kier molecular flexibility index (Phi) is 2.47. The summed E-state index contributed by atoms with van der Waals surface area (Å²) in [4.78, 5) is 2.24. The Morgan fingerprint density at radius 3 is 2.15 bits per heavy atom. The third-order valence-corrected chi connectivity index (χ3v) is 2.36. The van der Waals surface area contributed by atoms with Crippen LogP contribution in [0.2, 0.25) is 0 Å². The lowest BCUT2D eigenvalue weighted by Gasteiger charge is -2.39. The monoisotopic (exact) mass is 177 g/mol. The molecule has 0 saturated carbocycles. The smallest absolute Gasteiger partial charge is 0.0367 e. The van der Waals surface area contributed by atoms with Gasteiger partial charge >= 0.3 is 0 Å². The average Bonchev–Trinajstić information content (AvgIpc) is 2.20. The van der Waals surface area contributed by atoms with E-state index in [4.69, 9.17) is 0 Å². The van der Waals surface area contributed by atoms with E-state index in [1.165, 1.54) is 5.69 Å². The summed E-state index contributed by atoms with van der Waals surface area (Å²) in [6, 6.07) is 10.2. The van der Waals surface area contributed by atoms with Crippen LogP contribution in [0.3, 0.4) is 0 Å². The molecule has 0 spiro atoms. The number of hydroxylamine groups is 2. The first-order valence-electron chi connectivity index (χ1n) is 4.58. The molecule has 1 aromatic rings. The fourth-order valence-corrected chi connectivity index (χ4v) is 1.59. The molecule has 2 rings (SSSR count). The molecule has 3 heteroatoms. The van der Waals surface area contributed by atoms with Crippen LogP contribution in [0.15, 0.2) is 30.3 Å². The number of benzene rings is 1. The van der Waals surface area contributed by atoms with Crippen LogP contribution in [0.5, 0.6) is 0 Å². The van der Waals surface area contributed by atoms with E-state index in [-0.39, 0.29) is 0 Å². The van der Waals surface area contributed by atoms with Gasteiger partial charge in [0.15, 0.2) is 0 Å². The highest BCUT2D eigenvalue weighted by Gasteiger charge is 2.10. The number of hydrogen-bond donors (Lipinski definition) is 0. The lowest BCUT2D eigenvalue weighted by molar-refractivity contribution is 0.350. The SMILES string of the molecule is [O-]N1CCN(c2ccccc2)CC1. The van der Waals surface area contributed by atoms with Crippen molar-refractivity contribution >= 4 is 5.69 Å². The van der Waals surface area contributed by atoms with Crippen molar-refractivity contribution in [3.05, 3.63) is 35.5 Å². The lowest BCUT2D eigenvalue weighted by atomic mass is 10.2. The van der Waals surface area contributed by atoms with Gasteiger partial charge in [0.2, 0.25) is 0 Å². The Bertz CT molecular complexity index is 255. The highest BCUT2D eigenvalue weighted by atomic mass is 16.5. The van der Waals surface area contributed by atoms with Gasteiger partial charge in [-0.25, -0.2) is 0 Å². The second-order valence-corrected chi connectivity index (χ2v) is 3.25. The van der Waals surface area contributed by atoms with Crippen LogP contribution in [0.1, 0.15) is 0 Å². The Balaban J connectivity index is 2.03. The van der Waals surface area contributed by atoms with E-state index in [0.29, 0.717) is 13.1 Å². The Morgan fingerprint density at radius 1 is 0.923 bits per heavy atom. The molecule has 1 aromatic carbocycles. The summed E-state index contributed by atoms with van der Waals surface area (Å²) in [5, 5.41) is 12.1. The van der Waals surface area contributed by atoms with Crippen LogP contribution in [0.4, 0.5) is 5.69 Å². The molecular weight excluding hydrogens is 164 g/mol. The maximum Gasteiger partial charge on any atom is 0.0367 e. The van der Waals surface area contributed by atoms with Crippen molar-refractivity contribution in [2.45, 2.75) is 0 Å². The number of nitrogens with zero attached hydrogens (tertiary/aromatic N) is 2. The summed E-state index contributed by atoms with van der Waals surface area (Å²) < 4.78 is 0. The quantitative estimate of drug-likeness (QED) is 0.647. The van der Waals surface area contributed by atoms with Gasteiger partial charge in [-0.3, -0.25) is 0 Å². The summed E-state index contributed by atoms with van der Waals surface area (Å²) >= 11 is 0. The van der Waals surface area contributed by atoms with E-state index < -0.39 is 0 Å². The van der Waals surface area contributed by atoms with E-state index in [1.54, 1.807) is 0 Å². The normalized spacial score (nSPS) is 19.0. The van der Waals surface area contributed by atoms with Gasteiger partial charge in [0.05, 0.1) is 0 Å². The molecule has 1 heterocycles. The van der Waals surface area contributed by atoms with E-state index >= 15 is 0 Å². The minimum Gasteiger partial charge on any atom is -0.785 e. The summed E-state index contributed by atoms with van der Waals surface area (Å²) in [6.07, 6.45) is 0. The molecule has 0 atom stereocenters. The Hall–Kier alpha value is -1.06. The van der Waals surface area contributed by atoms with Gasteiger partial charge < -0.3 is 15.2 Å². The van der Waals surface area contributed by atoms with Crippen LogP contribution in [-0.4, -0.2) is 31.2 Å². The van der Waals surface area contributed by atoms with Crippen molar-refractivity contribution in [3.8, 4) is 0 Å². The fraction of sp³-hybridized carbons (Fsp3) is 0.400. The molecule has 0 bridgehead atoms. The van der Waals surface area contributed by atoms with Crippen LogP contribution in [0, 0.1) is 5.21 Å². The molecule has 1 aliphatic heterocycles. The molecule has 3 nitrogen and oxygen atoms in total. The van der Waals surface area contributed by atoms with Gasteiger partial charge in [0, 0.05) is 31.9 Å². The van der Waals surface area contributed by atoms with Crippen molar-refractivity contribution < 1.29 is 0 Å². The molecular formula is C10H13N2O-. The molecule has 0 aromatic heterocycles. The minimum absolute atomic E-state index is 0.620. The summed E-state index contributed by atoms with van der Waals surface area (Å²) in [7, 11) is 0. The molecule has 0 unspecified atom stereocenters. The molecule has 70 valence electrons. The minimum atomic E-state index is 0.620. The van der Waals surface area contributed by atoms with Crippen molar-refractivity contribution in [1.29, 1.82) is 0 Å². The number of para-hydroxylation sites is 1. The fourth-order valence-electron chi connectivity index (χ4n) is 1.59. The van der Waals surface area contributed by atoms with Gasteiger partial charge in [0.1, 0.15) is 0 Å². The number of anilines is 1. The second kappa shape index (κ2) is 3.77. The maximum atomic E-state index is 10.9. The Morgan fingerprint density at radius 2 is 1.54 bits per heavy atom. The molecule has 0 N–H and O–H groups in total. The summed E-state index contributed by atoms with van der Waals surface area (Å²) in [6.45, 7) is 2.92. The summed E-state index contributed by atoms with van der Waals surface area (Å²) in [5.74, 6) is 0. The standard InChI is InChI=1S/C10H13N2O/c13-12-8-6-11(7-9-12)10-4-2-1-3-5-10/h1-5H,6-9H2/q-1. The Labute approximate surface area is 78.2 Å². The molecule has 0 radical (unpaired) electrons. The highest BCUT2D eigenvalue weighted by molar-refractivity contribution is 5.46. The molecule has 1 aliphatic rings. The predicted octanol–water partition coefficient (Wildman–Crippen LogP) is 1.31. The van der Waals surface area contributed by atoms with E-state index in [0.717, 1.165) is 18.2 Å². The van der Waals surface area contributed by atoms with Gasteiger partial charge in [-0.2, -0.15) is 0 Å². The van der Waals surface area contributed by atoms with Crippen LogP contribution in [0.25, 0.3) is 0 Å². The van der Waals surface area contributed by atoms with Crippen LogP contribution >= 0.6 is 0 Å². The van der Waals surface area contributed by atoms with Crippen molar-refractivity contribution in [2.75, 3.05) is 31.1 Å². The molecule has 0 aliphatic carbocycles. The average molecular weight is 177 g/mol. The molecule has 1 saturated heterocycles. The van der Waals surface area contributed by atoms with Crippen LogP contribution < -0.4 is 4.90 Å². The van der Waals surface area contributed by atoms with Crippen molar-refractivity contribution in [1.82, 2.24) is 5.06 Å². The van der Waals surface area contributed by atoms with Crippen molar-refractivity contribution in [2.24, 2.45) is 0 Å². The van der Waals surface area contributed by atoms with E-state index in [1.807, 2.05) is 18.2 Å². The topological polar surface area (TPSA) is 29.5 Å². The largest absolute Gasteiger partial charge is 0.785 e. The molecule has 0 amide bonds. The first kappa shape index (κ1) is 8.53. The van der Waals surface area contributed by atoms with E-state index in [9.17, 15) is 5.21 Å². The molecule has 1 fully saturated rings. The third-order valence-electron chi connectivity index (χ3n) is 2.36. The summed E-state index contributed by atoms with van der Waals surface area (Å²) in [5.41, 5.74) is 1.22. The zero-order valence-electron chi connectivity index (χ0n) is 7.52. The van der Waals surface area contributed by atoms with Gasteiger partial charge in [-0.15, -0.1) is 0 Å². The lowest BCUT2D eigenvalue weighted by Crippen LogP contribution is -2.43. The highest BCUT2D eigenvalue weighted by Crippen LogP contribution is 2.14. The number of hydrogen-bond acceptors (Lipinski definition) is 3. The van der Waals surface area contributed by atoms with Crippen molar-refractivity contribution in [3.63, 3.8) is 0 Å². The predicted molar refractivity (Wildman–Crippen MR) is 53.6 cm³/mol. The van der Waals surface area contributed by atoms with Gasteiger partial charge in [-0.1, -0.05) is 18.2 Å². The first-order valence-corrected chi connectivity index (χ1v) is 4.58. The first-order chi connectivity index (χ1) is 6.36. The van der Waals surface area contributed by atoms with Gasteiger partial charge in [0.25, 0.3) is 0 Å². The van der Waals surface area contributed by atoms with Gasteiger partial charge in [-0.05, 0) is 12.1 Å². The van der Waals surface area contributed by atoms with E-state index in [2.05, 4.69) is 17.0 Å². The van der Waals surface area contributed by atoms with Crippen LogP contribution in [-0.2, 0) is 0 Å².